The fourth-order valence-corrected chi connectivity index (χ4v) is 3.41. The van der Waals surface area contributed by atoms with Crippen LogP contribution in [0.1, 0.15) is 61.4 Å². The van der Waals surface area contributed by atoms with Gasteiger partial charge in [0.2, 0.25) is 0 Å². The van der Waals surface area contributed by atoms with Gasteiger partial charge in [0.1, 0.15) is 5.75 Å². The molecule has 0 spiro atoms. The van der Waals surface area contributed by atoms with Crippen LogP contribution in [-0.4, -0.2) is 35.0 Å². The molecule has 1 fully saturated rings. The zero-order chi connectivity index (χ0) is 20.8. The SMILES string of the molecule is CC(C)c1ccc(C(=O)Nc2ccc(NC(=O)N3CCCCCC3)cc2)c(O)c1. The van der Waals surface area contributed by atoms with E-state index in [4.69, 9.17) is 0 Å². The van der Waals surface area contributed by atoms with Crippen LogP contribution in [0.15, 0.2) is 42.5 Å². The molecule has 1 aliphatic heterocycles. The van der Waals surface area contributed by atoms with Crippen LogP contribution in [0.5, 0.6) is 5.75 Å². The predicted molar refractivity (Wildman–Crippen MR) is 116 cm³/mol. The fourth-order valence-electron chi connectivity index (χ4n) is 3.41. The third-order valence-corrected chi connectivity index (χ3v) is 5.22. The first-order chi connectivity index (χ1) is 13.9. The summed E-state index contributed by atoms with van der Waals surface area (Å²) in [5, 5.41) is 15.9. The fraction of sp³-hybridized carbons (Fsp3) is 0.391. The lowest BCUT2D eigenvalue weighted by molar-refractivity contribution is 0.102. The van der Waals surface area contributed by atoms with Gasteiger partial charge in [-0.2, -0.15) is 0 Å². The Hall–Kier alpha value is -3.02. The summed E-state index contributed by atoms with van der Waals surface area (Å²) in [6.45, 7) is 5.64. The number of hydrogen-bond donors (Lipinski definition) is 3. The molecule has 3 N–H and O–H groups in total. The van der Waals surface area contributed by atoms with Crippen molar-refractivity contribution >= 4 is 23.3 Å². The molecule has 0 aromatic heterocycles. The van der Waals surface area contributed by atoms with E-state index in [9.17, 15) is 14.7 Å². The van der Waals surface area contributed by atoms with E-state index in [1.807, 2.05) is 24.8 Å². The van der Waals surface area contributed by atoms with Crippen molar-refractivity contribution in [2.24, 2.45) is 0 Å². The number of nitrogens with zero attached hydrogens (tertiary/aromatic N) is 1. The number of anilines is 2. The zero-order valence-electron chi connectivity index (χ0n) is 17.1. The Morgan fingerprint density at radius 3 is 2.03 bits per heavy atom. The second kappa shape index (κ2) is 9.45. The molecule has 1 aliphatic rings. The molecule has 154 valence electrons. The predicted octanol–water partition coefficient (Wildman–Crippen LogP) is 5.18. The number of hydrogen-bond acceptors (Lipinski definition) is 3. The van der Waals surface area contributed by atoms with E-state index in [1.165, 1.54) is 12.8 Å². The van der Waals surface area contributed by atoms with E-state index >= 15 is 0 Å². The summed E-state index contributed by atoms with van der Waals surface area (Å²) in [6.07, 6.45) is 4.44. The van der Waals surface area contributed by atoms with Gasteiger partial charge >= 0.3 is 6.03 Å². The Bertz CT molecular complexity index is 854. The minimum absolute atomic E-state index is 0.0324. The van der Waals surface area contributed by atoms with E-state index in [0.717, 1.165) is 31.5 Å². The van der Waals surface area contributed by atoms with E-state index in [-0.39, 0.29) is 29.2 Å². The van der Waals surface area contributed by atoms with E-state index in [1.54, 1.807) is 36.4 Å². The number of urea groups is 1. The van der Waals surface area contributed by atoms with Crippen LogP contribution in [0.25, 0.3) is 0 Å². The zero-order valence-corrected chi connectivity index (χ0v) is 17.1. The molecule has 1 heterocycles. The molecule has 1 saturated heterocycles. The third kappa shape index (κ3) is 5.50. The van der Waals surface area contributed by atoms with Crippen molar-refractivity contribution in [2.75, 3.05) is 23.7 Å². The van der Waals surface area contributed by atoms with Crippen molar-refractivity contribution in [3.63, 3.8) is 0 Å². The molecule has 0 unspecified atom stereocenters. The van der Waals surface area contributed by atoms with Crippen molar-refractivity contribution < 1.29 is 14.7 Å². The first-order valence-corrected chi connectivity index (χ1v) is 10.2. The topological polar surface area (TPSA) is 81.7 Å². The highest BCUT2D eigenvalue weighted by molar-refractivity contribution is 6.06. The maximum atomic E-state index is 12.5. The number of phenolic OH excluding ortho intramolecular Hbond substituents is 1. The Morgan fingerprint density at radius 2 is 1.48 bits per heavy atom. The summed E-state index contributed by atoms with van der Waals surface area (Å²) in [5.74, 6) is -0.135. The lowest BCUT2D eigenvalue weighted by atomic mass is 10.0. The van der Waals surface area contributed by atoms with E-state index in [2.05, 4.69) is 10.6 Å². The van der Waals surface area contributed by atoms with Crippen molar-refractivity contribution in [1.29, 1.82) is 0 Å². The van der Waals surface area contributed by atoms with Gasteiger partial charge in [-0.3, -0.25) is 4.79 Å². The maximum absolute atomic E-state index is 12.5. The quantitative estimate of drug-likeness (QED) is 0.667. The Labute approximate surface area is 171 Å². The van der Waals surface area contributed by atoms with Crippen LogP contribution < -0.4 is 10.6 Å². The van der Waals surface area contributed by atoms with Crippen molar-refractivity contribution in [3.05, 3.63) is 53.6 Å². The average molecular weight is 396 g/mol. The molecule has 0 atom stereocenters. The Balaban J connectivity index is 1.60. The van der Waals surface area contributed by atoms with Gasteiger partial charge in [-0.25, -0.2) is 4.79 Å². The first-order valence-electron chi connectivity index (χ1n) is 10.2. The number of aromatic hydroxyl groups is 1. The van der Waals surface area contributed by atoms with Gasteiger partial charge in [0, 0.05) is 24.5 Å². The number of carbonyl (C=O) groups is 2. The molecule has 2 aromatic carbocycles. The second-order valence-corrected chi connectivity index (χ2v) is 7.79. The third-order valence-electron chi connectivity index (χ3n) is 5.22. The van der Waals surface area contributed by atoms with Crippen molar-refractivity contribution in [1.82, 2.24) is 4.90 Å². The lowest BCUT2D eigenvalue weighted by Crippen LogP contribution is -2.35. The van der Waals surface area contributed by atoms with Gasteiger partial charge < -0.3 is 20.6 Å². The second-order valence-electron chi connectivity index (χ2n) is 7.79. The van der Waals surface area contributed by atoms with Crippen LogP contribution in [0.2, 0.25) is 0 Å². The van der Waals surface area contributed by atoms with Gasteiger partial charge in [0.15, 0.2) is 0 Å². The molecule has 0 bridgehead atoms. The molecule has 0 saturated carbocycles. The maximum Gasteiger partial charge on any atom is 0.321 e. The highest BCUT2D eigenvalue weighted by atomic mass is 16.3. The molecule has 29 heavy (non-hydrogen) atoms. The number of nitrogens with one attached hydrogen (secondary N) is 2. The van der Waals surface area contributed by atoms with Crippen LogP contribution in [0, 0.1) is 0 Å². The number of carbonyl (C=O) groups excluding carboxylic acids is 2. The number of likely N-dealkylation sites (tertiary alicyclic amines) is 1. The minimum Gasteiger partial charge on any atom is -0.507 e. The van der Waals surface area contributed by atoms with E-state index in [0.29, 0.717) is 11.4 Å². The molecular formula is C23H29N3O3. The van der Waals surface area contributed by atoms with Gasteiger partial charge in [0.25, 0.3) is 5.91 Å². The summed E-state index contributed by atoms with van der Waals surface area (Å²) >= 11 is 0. The molecule has 2 aromatic rings. The largest absolute Gasteiger partial charge is 0.507 e. The standard InChI is InChI=1S/C23H29N3O3/c1-16(2)17-7-12-20(21(27)15-17)22(28)24-18-8-10-19(11-9-18)25-23(29)26-13-5-3-4-6-14-26/h7-12,15-16,27H,3-6,13-14H2,1-2H3,(H,24,28)(H,25,29). The molecule has 6 heteroatoms. The van der Waals surface area contributed by atoms with Gasteiger partial charge in [-0.05, 0) is 60.7 Å². The van der Waals surface area contributed by atoms with Gasteiger partial charge in [0.05, 0.1) is 5.56 Å². The Morgan fingerprint density at radius 1 is 0.897 bits per heavy atom. The highest BCUT2D eigenvalue weighted by Crippen LogP contribution is 2.25. The molecule has 0 aliphatic carbocycles. The smallest absolute Gasteiger partial charge is 0.321 e. The lowest BCUT2D eigenvalue weighted by Gasteiger charge is -2.20. The summed E-state index contributed by atoms with van der Waals surface area (Å²) in [7, 11) is 0. The summed E-state index contributed by atoms with van der Waals surface area (Å²) < 4.78 is 0. The van der Waals surface area contributed by atoms with Crippen LogP contribution in [0.3, 0.4) is 0 Å². The van der Waals surface area contributed by atoms with Crippen molar-refractivity contribution in [3.8, 4) is 5.75 Å². The molecule has 3 rings (SSSR count). The number of amides is 3. The average Bonchev–Trinajstić information content (AvgIpc) is 2.99. The molecule has 0 radical (unpaired) electrons. The number of rotatable bonds is 4. The first kappa shape index (κ1) is 20.7. The van der Waals surface area contributed by atoms with Crippen LogP contribution >= 0.6 is 0 Å². The monoisotopic (exact) mass is 395 g/mol. The normalized spacial score (nSPS) is 14.4. The molecule has 6 nitrogen and oxygen atoms in total. The summed E-state index contributed by atoms with van der Waals surface area (Å²) in [6, 6.07) is 12.0. The number of benzene rings is 2. The summed E-state index contributed by atoms with van der Waals surface area (Å²) in [4.78, 5) is 26.7. The molecular weight excluding hydrogens is 366 g/mol. The van der Waals surface area contributed by atoms with Crippen LogP contribution in [0.4, 0.5) is 16.2 Å². The van der Waals surface area contributed by atoms with Gasteiger partial charge in [-0.1, -0.05) is 32.8 Å². The van der Waals surface area contributed by atoms with Gasteiger partial charge in [-0.15, -0.1) is 0 Å². The molecule has 3 amide bonds. The number of phenols is 1. The highest BCUT2D eigenvalue weighted by Gasteiger charge is 2.16. The Kier molecular flexibility index (Phi) is 6.75. The van der Waals surface area contributed by atoms with Crippen LogP contribution in [-0.2, 0) is 0 Å². The van der Waals surface area contributed by atoms with E-state index < -0.39 is 0 Å². The van der Waals surface area contributed by atoms with Crippen molar-refractivity contribution in [2.45, 2.75) is 45.4 Å². The summed E-state index contributed by atoms with van der Waals surface area (Å²) in [5.41, 5.74) is 2.48. The minimum atomic E-state index is -0.376.